The molecule has 0 saturated carbocycles. The molecule has 0 spiro atoms. The Kier molecular flexibility index (Phi) is 8.51. The van der Waals surface area contributed by atoms with E-state index in [1.165, 1.54) is 0 Å². The zero-order chi connectivity index (χ0) is 11.9. The van der Waals surface area contributed by atoms with Crippen LogP contribution in [0.1, 0.15) is 25.7 Å². The highest BCUT2D eigenvalue weighted by atomic mass is 35.8. The van der Waals surface area contributed by atoms with Crippen LogP contribution in [0.5, 0.6) is 0 Å². The molecule has 0 aliphatic carbocycles. The number of unbranched alkanes of at least 4 members (excludes halogenated alkanes) is 2. The number of rotatable bonds is 8. The lowest BCUT2D eigenvalue weighted by atomic mass is 10.1. The summed E-state index contributed by atoms with van der Waals surface area (Å²) in [5, 5.41) is 0. The number of alkyl halides is 3. The standard InChI is InChI=1S/C8H14Cl3F3Si/c9-15(10,11)6-8(14)7(13)4-2-1-3-5-12/h7-8H,1-6H2. The van der Waals surface area contributed by atoms with Gasteiger partial charge in [-0.1, -0.05) is 12.8 Å². The van der Waals surface area contributed by atoms with E-state index in [-0.39, 0.29) is 12.5 Å². The van der Waals surface area contributed by atoms with Crippen LogP contribution in [0.3, 0.4) is 0 Å². The van der Waals surface area contributed by atoms with Crippen LogP contribution in [0.4, 0.5) is 13.2 Å². The molecule has 15 heavy (non-hydrogen) atoms. The molecule has 0 aromatic carbocycles. The summed E-state index contributed by atoms with van der Waals surface area (Å²) in [5.41, 5.74) is 0. The predicted octanol–water partition coefficient (Wildman–Crippen LogP) is 4.85. The summed E-state index contributed by atoms with van der Waals surface area (Å²) >= 11 is 16.4. The van der Waals surface area contributed by atoms with Gasteiger partial charge in [0, 0.05) is 6.04 Å². The highest BCUT2D eigenvalue weighted by Crippen LogP contribution is 2.30. The molecule has 0 nitrogen and oxygen atoms in total. The van der Waals surface area contributed by atoms with Crippen LogP contribution in [-0.2, 0) is 0 Å². The van der Waals surface area contributed by atoms with Crippen molar-refractivity contribution in [3.8, 4) is 0 Å². The smallest absolute Gasteiger partial charge is 0.251 e. The molecule has 0 heterocycles. The molecule has 0 aliphatic rings. The molecule has 7 heteroatoms. The number of halogens is 6. The molecular formula is C8H14Cl3F3Si. The lowest BCUT2D eigenvalue weighted by molar-refractivity contribution is 0.168. The van der Waals surface area contributed by atoms with Crippen LogP contribution in [0, 0.1) is 0 Å². The third-order valence-electron chi connectivity index (χ3n) is 1.93. The third kappa shape index (κ3) is 9.79. The fourth-order valence-corrected chi connectivity index (χ4v) is 3.17. The SMILES string of the molecule is FCCCCCC(F)C(F)C[Si](Cl)(Cl)Cl. The summed E-state index contributed by atoms with van der Waals surface area (Å²) < 4.78 is 37.9. The average Bonchev–Trinajstić information content (AvgIpc) is 2.09. The lowest BCUT2D eigenvalue weighted by Crippen LogP contribution is -2.25. The van der Waals surface area contributed by atoms with Gasteiger partial charge in [0.1, 0.15) is 12.3 Å². The first-order valence-corrected chi connectivity index (χ1v) is 10.0. The molecule has 0 bridgehead atoms. The Morgan fingerprint density at radius 3 is 2.00 bits per heavy atom. The maximum Gasteiger partial charge on any atom is 0.344 e. The van der Waals surface area contributed by atoms with Crippen LogP contribution in [0.2, 0.25) is 6.04 Å². The van der Waals surface area contributed by atoms with Crippen molar-refractivity contribution in [2.45, 2.75) is 44.1 Å². The molecule has 92 valence electrons. The molecule has 2 unspecified atom stereocenters. The van der Waals surface area contributed by atoms with Crippen molar-refractivity contribution >= 4 is 39.2 Å². The molecule has 0 amide bonds. The fraction of sp³-hybridized carbons (Fsp3) is 1.00. The third-order valence-corrected chi connectivity index (χ3v) is 4.17. The molecule has 0 aromatic rings. The van der Waals surface area contributed by atoms with Crippen molar-refractivity contribution in [1.82, 2.24) is 0 Å². The van der Waals surface area contributed by atoms with Gasteiger partial charge in [0.05, 0.1) is 6.67 Å². The largest absolute Gasteiger partial charge is 0.344 e. The Morgan fingerprint density at radius 2 is 1.53 bits per heavy atom. The first-order valence-electron chi connectivity index (χ1n) is 4.77. The molecule has 0 aliphatic heterocycles. The summed E-state index contributed by atoms with van der Waals surface area (Å²) in [7, 11) is 0. The second-order valence-electron chi connectivity index (χ2n) is 3.39. The second kappa shape index (κ2) is 8.04. The van der Waals surface area contributed by atoms with Crippen LogP contribution in [0.15, 0.2) is 0 Å². The van der Waals surface area contributed by atoms with E-state index in [0.29, 0.717) is 19.3 Å². The number of hydrogen-bond acceptors (Lipinski definition) is 0. The van der Waals surface area contributed by atoms with E-state index in [2.05, 4.69) is 0 Å². The van der Waals surface area contributed by atoms with Gasteiger partial charge in [-0.15, -0.1) is 33.2 Å². The lowest BCUT2D eigenvalue weighted by Gasteiger charge is -2.16. The van der Waals surface area contributed by atoms with E-state index in [9.17, 15) is 13.2 Å². The van der Waals surface area contributed by atoms with Crippen molar-refractivity contribution in [2.75, 3.05) is 6.67 Å². The van der Waals surface area contributed by atoms with Crippen LogP contribution in [-0.4, -0.2) is 25.0 Å². The summed E-state index contributed by atoms with van der Waals surface area (Å²) in [4.78, 5) is 0. The Balaban J connectivity index is 3.65. The van der Waals surface area contributed by atoms with Gasteiger partial charge in [-0.3, -0.25) is 4.39 Å². The van der Waals surface area contributed by atoms with E-state index in [4.69, 9.17) is 33.2 Å². The summed E-state index contributed by atoms with van der Waals surface area (Å²) in [6.07, 6.45) is -1.83. The predicted molar refractivity (Wildman–Crippen MR) is 62.4 cm³/mol. The van der Waals surface area contributed by atoms with Gasteiger partial charge in [-0.25, -0.2) is 8.78 Å². The minimum absolute atomic E-state index is 0.0658. The van der Waals surface area contributed by atoms with Crippen molar-refractivity contribution in [1.29, 1.82) is 0 Å². The Hall–Kier alpha value is 0.877. The van der Waals surface area contributed by atoms with E-state index in [1.54, 1.807) is 0 Å². The molecular weight excluding hydrogens is 288 g/mol. The van der Waals surface area contributed by atoms with Crippen molar-refractivity contribution in [2.24, 2.45) is 0 Å². The zero-order valence-electron chi connectivity index (χ0n) is 8.17. The average molecular weight is 302 g/mol. The Morgan fingerprint density at radius 1 is 0.933 bits per heavy atom. The van der Waals surface area contributed by atoms with E-state index >= 15 is 0 Å². The molecule has 0 radical (unpaired) electrons. The van der Waals surface area contributed by atoms with Crippen LogP contribution in [0.25, 0.3) is 0 Å². The molecule has 0 saturated heterocycles. The van der Waals surface area contributed by atoms with Gasteiger partial charge in [0.15, 0.2) is 0 Å². The topological polar surface area (TPSA) is 0 Å². The molecule has 0 rings (SSSR count). The van der Waals surface area contributed by atoms with Crippen molar-refractivity contribution < 1.29 is 13.2 Å². The summed E-state index contributed by atoms with van der Waals surface area (Å²) in [6.45, 7) is -0.420. The molecule has 0 fully saturated rings. The van der Waals surface area contributed by atoms with Gasteiger partial charge >= 0.3 is 6.00 Å². The first kappa shape index (κ1) is 15.9. The quantitative estimate of drug-likeness (QED) is 0.341. The van der Waals surface area contributed by atoms with E-state index < -0.39 is 25.0 Å². The first-order chi connectivity index (χ1) is 6.87. The molecule has 0 aromatic heterocycles. The maximum atomic E-state index is 13.1. The fourth-order valence-electron chi connectivity index (χ4n) is 1.14. The van der Waals surface area contributed by atoms with Crippen molar-refractivity contribution in [3.63, 3.8) is 0 Å². The van der Waals surface area contributed by atoms with Gasteiger partial charge in [0.2, 0.25) is 0 Å². The maximum absolute atomic E-state index is 13.1. The van der Waals surface area contributed by atoms with Gasteiger partial charge in [-0.2, -0.15) is 0 Å². The van der Waals surface area contributed by atoms with E-state index in [0.717, 1.165) is 0 Å². The zero-order valence-corrected chi connectivity index (χ0v) is 11.4. The monoisotopic (exact) mass is 300 g/mol. The second-order valence-corrected chi connectivity index (χ2v) is 12.6. The normalized spacial score (nSPS) is 16.4. The van der Waals surface area contributed by atoms with Gasteiger partial charge < -0.3 is 0 Å². The molecule has 0 N–H and O–H groups in total. The number of hydrogen-bond donors (Lipinski definition) is 0. The van der Waals surface area contributed by atoms with Gasteiger partial charge in [-0.05, 0) is 12.8 Å². The van der Waals surface area contributed by atoms with Crippen molar-refractivity contribution in [3.05, 3.63) is 0 Å². The molecule has 2 atom stereocenters. The summed E-state index contributed by atoms with van der Waals surface area (Å²) in [6, 6.07) is -3.41. The van der Waals surface area contributed by atoms with Crippen LogP contribution < -0.4 is 0 Å². The minimum atomic E-state index is -3.10. The minimum Gasteiger partial charge on any atom is -0.251 e. The summed E-state index contributed by atoms with van der Waals surface area (Å²) in [5.74, 6) is 0. The van der Waals surface area contributed by atoms with Crippen LogP contribution >= 0.6 is 33.2 Å². The van der Waals surface area contributed by atoms with Gasteiger partial charge in [0.25, 0.3) is 0 Å². The highest BCUT2D eigenvalue weighted by Gasteiger charge is 2.33. The Bertz CT molecular complexity index is 166. The highest BCUT2D eigenvalue weighted by molar-refractivity contribution is 7.64. The van der Waals surface area contributed by atoms with E-state index in [1.807, 2.05) is 0 Å². The Labute approximate surface area is 103 Å².